The van der Waals surface area contributed by atoms with Crippen molar-refractivity contribution in [3.8, 4) is 0 Å². The Bertz CT molecular complexity index is 1270. The van der Waals surface area contributed by atoms with Crippen molar-refractivity contribution >= 4 is 51.0 Å². The van der Waals surface area contributed by atoms with Gasteiger partial charge in [0, 0.05) is 16.5 Å². The molecule has 3 aromatic rings. The fourth-order valence-corrected chi connectivity index (χ4v) is 5.00. The molecule has 0 aliphatic heterocycles. The first-order valence-electron chi connectivity index (χ1n) is 9.69. The Balaban J connectivity index is 1.49. The highest BCUT2D eigenvalue weighted by Crippen LogP contribution is 2.32. The van der Waals surface area contributed by atoms with Crippen molar-refractivity contribution in [2.24, 2.45) is 5.10 Å². The van der Waals surface area contributed by atoms with E-state index in [0.717, 1.165) is 42.5 Å². The number of rotatable bonds is 5. The Hall–Kier alpha value is -3.11. The first kappa shape index (κ1) is 21.1. The zero-order chi connectivity index (χ0) is 22.0. The van der Waals surface area contributed by atoms with E-state index in [-0.39, 0.29) is 22.8 Å². The van der Waals surface area contributed by atoms with Gasteiger partial charge in [-0.2, -0.15) is 5.10 Å². The topological polar surface area (TPSA) is 119 Å². The normalized spacial score (nSPS) is 13.8. The van der Waals surface area contributed by atoms with Gasteiger partial charge in [0.15, 0.2) is 0 Å². The predicted molar refractivity (Wildman–Crippen MR) is 119 cm³/mol. The van der Waals surface area contributed by atoms with Crippen LogP contribution in [-0.4, -0.2) is 26.6 Å². The number of nitro groups is 1. The number of hydrogen-bond acceptors (Lipinski definition) is 7. The number of nitrogens with one attached hydrogen (secondary N) is 1. The summed E-state index contributed by atoms with van der Waals surface area (Å²) in [5, 5.41) is 15.4. The molecule has 1 aromatic carbocycles. The lowest BCUT2D eigenvalue weighted by Crippen LogP contribution is -2.30. The molecule has 2 heterocycles. The molecule has 9 nitrogen and oxygen atoms in total. The third kappa shape index (κ3) is 4.49. The first-order valence-corrected chi connectivity index (χ1v) is 10.9. The van der Waals surface area contributed by atoms with Gasteiger partial charge in [-0.05, 0) is 37.3 Å². The number of carbonyl (C=O) groups is 1. The Morgan fingerprint density at radius 2 is 2.16 bits per heavy atom. The lowest BCUT2D eigenvalue weighted by molar-refractivity contribution is -0.384. The molecule has 31 heavy (non-hydrogen) atoms. The number of aryl methyl sites for hydroxylation is 2. The van der Waals surface area contributed by atoms with E-state index in [4.69, 9.17) is 11.6 Å². The molecule has 0 atom stereocenters. The number of benzene rings is 1. The minimum Gasteiger partial charge on any atom is -0.289 e. The van der Waals surface area contributed by atoms with E-state index in [0.29, 0.717) is 10.9 Å². The summed E-state index contributed by atoms with van der Waals surface area (Å²) < 4.78 is 1.28. The van der Waals surface area contributed by atoms with Gasteiger partial charge in [-0.1, -0.05) is 24.1 Å². The maximum Gasteiger partial charge on any atom is 0.288 e. The number of aromatic nitrogens is 2. The average molecular weight is 460 g/mol. The summed E-state index contributed by atoms with van der Waals surface area (Å²) in [5.74, 6) is -0.510. The van der Waals surface area contributed by atoms with Gasteiger partial charge in [0.1, 0.15) is 16.4 Å². The number of hydrogen-bond donors (Lipinski definition) is 1. The van der Waals surface area contributed by atoms with E-state index in [9.17, 15) is 19.7 Å². The van der Waals surface area contributed by atoms with Gasteiger partial charge in [-0.3, -0.25) is 24.3 Å². The molecule has 1 amide bonds. The summed E-state index contributed by atoms with van der Waals surface area (Å²) in [6.45, 7) is -0.232. The lowest BCUT2D eigenvalue weighted by atomic mass is 10.1. The molecule has 160 valence electrons. The minimum atomic E-state index is -0.598. The van der Waals surface area contributed by atoms with Gasteiger partial charge < -0.3 is 0 Å². The van der Waals surface area contributed by atoms with Crippen LogP contribution in [0.2, 0.25) is 5.02 Å². The molecule has 0 spiro atoms. The highest BCUT2D eigenvalue weighted by Gasteiger charge is 2.19. The van der Waals surface area contributed by atoms with Crippen LogP contribution < -0.4 is 11.0 Å². The molecule has 0 saturated carbocycles. The molecule has 11 heteroatoms. The van der Waals surface area contributed by atoms with Crippen molar-refractivity contribution in [3.05, 3.63) is 66.0 Å². The molecule has 0 radical (unpaired) electrons. The van der Waals surface area contributed by atoms with Gasteiger partial charge in [0.2, 0.25) is 0 Å². The fourth-order valence-electron chi connectivity index (χ4n) is 3.59. The van der Waals surface area contributed by atoms with Crippen molar-refractivity contribution in [2.45, 2.75) is 38.6 Å². The molecule has 1 N–H and O–H groups in total. The summed E-state index contributed by atoms with van der Waals surface area (Å²) in [7, 11) is 0. The van der Waals surface area contributed by atoms with Gasteiger partial charge in [0.25, 0.3) is 17.2 Å². The largest absolute Gasteiger partial charge is 0.289 e. The fraction of sp³-hybridized carbons (Fsp3) is 0.300. The van der Waals surface area contributed by atoms with E-state index >= 15 is 0 Å². The van der Waals surface area contributed by atoms with Gasteiger partial charge in [-0.15, -0.1) is 11.3 Å². The second-order valence-corrected chi connectivity index (χ2v) is 8.67. The van der Waals surface area contributed by atoms with Gasteiger partial charge in [0.05, 0.1) is 22.9 Å². The third-order valence-electron chi connectivity index (χ3n) is 5.08. The van der Waals surface area contributed by atoms with Crippen molar-refractivity contribution in [1.82, 2.24) is 15.0 Å². The molecule has 4 rings (SSSR count). The molecule has 0 saturated heterocycles. The Labute approximate surface area is 185 Å². The summed E-state index contributed by atoms with van der Waals surface area (Å²) in [4.78, 5) is 41.9. The number of nitro benzene ring substituents is 1. The molecule has 0 bridgehead atoms. The monoisotopic (exact) mass is 459 g/mol. The molecule has 1 aliphatic rings. The number of fused-ring (bicyclic) bond motifs is 3. The van der Waals surface area contributed by atoms with E-state index in [1.54, 1.807) is 11.3 Å². The van der Waals surface area contributed by atoms with Gasteiger partial charge in [-0.25, -0.2) is 10.4 Å². The standard InChI is InChI=1S/C20H18ClN5O4S/c21-14-7-6-12(8-15(14)26(29)30)9-23-24-17(27)10-25-11-22-19-18(20(25)28)13-4-2-1-3-5-16(13)31-19/h6-9,11H,1-5,10H2,(H,24,27)/b23-9+. The maximum atomic E-state index is 13.0. The third-order valence-corrected chi connectivity index (χ3v) is 6.59. The Morgan fingerprint density at radius 1 is 1.35 bits per heavy atom. The van der Waals surface area contributed by atoms with Crippen LogP contribution in [0.1, 0.15) is 35.3 Å². The summed E-state index contributed by atoms with van der Waals surface area (Å²) in [5.41, 5.74) is 3.33. The quantitative estimate of drug-likeness (QED) is 0.271. The zero-order valence-corrected chi connectivity index (χ0v) is 17.9. The molecular formula is C20H18ClN5O4S. The van der Waals surface area contributed by atoms with Crippen LogP contribution in [-0.2, 0) is 24.2 Å². The maximum absolute atomic E-state index is 13.0. The highest BCUT2D eigenvalue weighted by atomic mass is 35.5. The second kappa shape index (κ2) is 8.94. The number of carbonyl (C=O) groups excluding carboxylic acids is 1. The van der Waals surface area contributed by atoms with Crippen LogP contribution >= 0.6 is 22.9 Å². The summed E-state index contributed by atoms with van der Waals surface area (Å²) in [6.07, 6.45) is 7.79. The summed E-state index contributed by atoms with van der Waals surface area (Å²) >= 11 is 7.34. The van der Waals surface area contributed by atoms with Crippen molar-refractivity contribution < 1.29 is 9.72 Å². The van der Waals surface area contributed by atoms with E-state index in [1.165, 1.54) is 40.2 Å². The van der Waals surface area contributed by atoms with Crippen LogP contribution in [0.3, 0.4) is 0 Å². The molecular weight excluding hydrogens is 442 g/mol. The van der Waals surface area contributed by atoms with Crippen LogP contribution in [0.25, 0.3) is 10.2 Å². The van der Waals surface area contributed by atoms with Crippen LogP contribution in [0.4, 0.5) is 5.69 Å². The second-order valence-electron chi connectivity index (χ2n) is 7.18. The van der Waals surface area contributed by atoms with Crippen molar-refractivity contribution in [3.63, 3.8) is 0 Å². The van der Waals surface area contributed by atoms with E-state index in [1.807, 2.05) is 0 Å². The predicted octanol–water partition coefficient (Wildman–Crippen LogP) is 3.44. The van der Waals surface area contributed by atoms with Crippen molar-refractivity contribution in [2.75, 3.05) is 0 Å². The number of halogens is 1. The molecule has 1 aliphatic carbocycles. The number of nitrogens with zero attached hydrogens (tertiary/aromatic N) is 4. The number of hydrazone groups is 1. The van der Waals surface area contributed by atoms with Crippen LogP contribution in [0.5, 0.6) is 0 Å². The Morgan fingerprint density at radius 3 is 2.97 bits per heavy atom. The molecule has 0 unspecified atom stereocenters. The van der Waals surface area contributed by atoms with Crippen molar-refractivity contribution in [1.29, 1.82) is 0 Å². The molecule has 2 aromatic heterocycles. The molecule has 0 fully saturated rings. The van der Waals surface area contributed by atoms with Crippen LogP contribution in [0, 0.1) is 10.1 Å². The minimum absolute atomic E-state index is 0.0137. The summed E-state index contributed by atoms with van der Waals surface area (Å²) in [6, 6.07) is 4.17. The highest BCUT2D eigenvalue weighted by molar-refractivity contribution is 7.18. The average Bonchev–Trinajstić information content (AvgIpc) is 2.93. The smallest absolute Gasteiger partial charge is 0.288 e. The van der Waals surface area contributed by atoms with E-state index < -0.39 is 10.8 Å². The first-order chi connectivity index (χ1) is 14.9. The zero-order valence-electron chi connectivity index (χ0n) is 16.3. The number of amides is 1. The SMILES string of the molecule is O=C(Cn1cnc2sc3c(c2c1=O)CCCCC3)N/N=C/c1ccc(Cl)c([N+](=O)[O-])c1. The lowest BCUT2D eigenvalue weighted by Gasteiger charge is -2.05. The Kier molecular flexibility index (Phi) is 6.10. The van der Waals surface area contributed by atoms with Gasteiger partial charge >= 0.3 is 0 Å². The van der Waals surface area contributed by atoms with E-state index in [2.05, 4.69) is 15.5 Å². The van der Waals surface area contributed by atoms with Crippen LogP contribution in [0.15, 0.2) is 34.4 Å². The number of thiophene rings is 1.